The van der Waals surface area contributed by atoms with Crippen LogP contribution in [0.4, 0.5) is 5.69 Å². The van der Waals surface area contributed by atoms with Gasteiger partial charge in [-0.15, -0.1) is 0 Å². The number of aromatic nitrogens is 2. The molecule has 0 unspecified atom stereocenters. The number of hydrogen-bond donors (Lipinski definition) is 2. The largest absolute Gasteiger partial charge is 0.326 e. The average molecular weight is 468 g/mol. The Labute approximate surface area is 206 Å². The van der Waals surface area contributed by atoms with Gasteiger partial charge in [0.2, 0.25) is 5.91 Å². The maximum Gasteiger partial charge on any atom is 0.225 e. The second kappa shape index (κ2) is 11.3. The van der Waals surface area contributed by atoms with E-state index in [1.54, 1.807) is 0 Å². The van der Waals surface area contributed by atoms with Crippen LogP contribution in [-0.4, -0.2) is 46.8 Å². The maximum absolute atomic E-state index is 12.5. The van der Waals surface area contributed by atoms with Gasteiger partial charge in [0.25, 0.3) is 0 Å². The van der Waals surface area contributed by atoms with Crippen molar-refractivity contribution in [2.75, 3.05) is 31.5 Å². The zero-order chi connectivity index (χ0) is 23.9. The quantitative estimate of drug-likeness (QED) is 0.325. The first-order chi connectivity index (χ1) is 17.2. The smallest absolute Gasteiger partial charge is 0.225 e. The van der Waals surface area contributed by atoms with Gasteiger partial charge in [-0.05, 0) is 60.8 Å². The van der Waals surface area contributed by atoms with Gasteiger partial charge in [-0.25, -0.2) is 0 Å². The summed E-state index contributed by atoms with van der Waals surface area (Å²) < 4.78 is 2.05. The Hall–Kier alpha value is -3.48. The minimum atomic E-state index is 0.0133. The number of likely N-dealkylation sites (tertiary alicyclic amines) is 1. The van der Waals surface area contributed by atoms with E-state index in [2.05, 4.69) is 69.2 Å². The minimum absolute atomic E-state index is 0.0133. The predicted octanol–water partition coefficient (Wildman–Crippen LogP) is 4.92. The van der Waals surface area contributed by atoms with Crippen LogP contribution in [0.15, 0.2) is 79.0 Å². The molecule has 3 aromatic carbocycles. The summed E-state index contributed by atoms with van der Waals surface area (Å²) >= 11 is 0. The molecule has 180 valence electrons. The summed E-state index contributed by atoms with van der Waals surface area (Å²) in [6.07, 6.45) is 4.92. The number of nitrogens with one attached hydrogen (secondary N) is 2. The third kappa shape index (κ3) is 6.15. The Morgan fingerprint density at radius 3 is 2.46 bits per heavy atom. The molecule has 0 saturated carbocycles. The molecule has 35 heavy (non-hydrogen) atoms. The van der Waals surface area contributed by atoms with Crippen molar-refractivity contribution in [3.63, 3.8) is 0 Å². The van der Waals surface area contributed by atoms with Gasteiger partial charge in [-0.2, -0.15) is 5.10 Å². The Morgan fingerprint density at radius 2 is 1.66 bits per heavy atom. The lowest BCUT2D eigenvalue weighted by atomic mass is 10.0. The van der Waals surface area contributed by atoms with Gasteiger partial charge in [-0.3, -0.25) is 9.48 Å². The van der Waals surface area contributed by atoms with E-state index in [1.807, 2.05) is 35.1 Å². The summed E-state index contributed by atoms with van der Waals surface area (Å²) in [5.41, 5.74) is 5.53. The molecule has 6 heteroatoms. The lowest BCUT2D eigenvalue weighted by molar-refractivity contribution is -0.116. The SMILES string of the molecule is O=C(CCNCc1ccc(-c2ccccc2)cc1)Nc1ccc2cnn(CCN3CCCC3)c2c1. The van der Waals surface area contributed by atoms with E-state index in [0.29, 0.717) is 13.0 Å². The van der Waals surface area contributed by atoms with Crippen LogP contribution in [0.5, 0.6) is 0 Å². The van der Waals surface area contributed by atoms with Crippen molar-refractivity contribution >= 4 is 22.5 Å². The molecule has 0 spiro atoms. The van der Waals surface area contributed by atoms with Crippen molar-refractivity contribution in [1.29, 1.82) is 0 Å². The molecule has 1 aliphatic heterocycles. The lowest BCUT2D eigenvalue weighted by Gasteiger charge is -2.14. The zero-order valence-corrected chi connectivity index (χ0v) is 20.1. The van der Waals surface area contributed by atoms with Crippen molar-refractivity contribution in [1.82, 2.24) is 20.0 Å². The van der Waals surface area contributed by atoms with Gasteiger partial charge < -0.3 is 15.5 Å². The number of amides is 1. The first-order valence-corrected chi connectivity index (χ1v) is 12.6. The summed E-state index contributed by atoms with van der Waals surface area (Å²) in [6.45, 7) is 5.64. The van der Waals surface area contributed by atoms with E-state index in [0.717, 1.165) is 36.2 Å². The molecule has 2 N–H and O–H groups in total. The molecule has 1 saturated heterocycles. The number of carbonyl (C=O) groups is 1. The van der Waals surface area contributed by atoms with Gasteiger partial charge >= 0.3 is 0 Å². The summed E-state index contributed by atoms with van der Waals surface area (Å²) in [5.74, 6) is 0.0133. The minimum Gasteiger partial charge on any atom is -0.326 e. The summed E-state index contributed by atoms with van der Waals surface area (Å²) in [5, 5.41) is 12.1. The average Bonchev–Trinajstić information content (AvgIpc) is 3.56. The number of fused-ring (bicyclic) bond motifs is 1. The number of rotatable bonds is 10. The molecule has 5 rings (SSSR count). The Bertz CT molecular complexity index is 1240. The molecule has 6 nitrogen and oxygen atoms in total. The highest BCUT2D eigenvalue weighted by Gasteiger charge is 2.12. The van der Waals surface area contributed by atoms with Gasteiger partial charge in [0.05, 0.1) is 18.3 Å². The summed E-state index contributed by atoms with van der Waals surface area (Å²) in [6, 6.07) is 24.9. The fourth-order valence-corrected chi connectivity index (χ4v) is 4.67. The fourth-order valence-electron chi connectivity index (χ4n) is 4.67. The number of benzene rings is 3. The predicted molar refractivity (Wildman–Crippen MR) is 142 cm³/mol. The standard InChI is InChI=1S/C29H33N5O/c35-29(14-15-30-21-23-8-10-25(11-9-23)24-6-2-1-3-7-24)32-27-13-12-26-22-31-34(28(26)20-27)19-18-33-16-4-5-17-33/h1-3,6-13,20,22,30H,4-5,14-19,21H2,(H,32,35). The molecule has 0 radical (unpaired) electrons. The molecule has 2 heterocycles. The number of anilines is 1. The molecule has 0 aliphatic carbocycles. The van der Waals surface area contributed by atoms with E-state index >= 15 is 0 Å². The maximum atomic E-state index is 12.5. The molecule has 1 amide bonds. The van der Waals surface area contributed by atoms with Gasteiger partial charge in [0.1, 0.15) is 0 Å². The van der Waals surface area contributed by atoms with E-state index in [-0.39, 0.29) is 5.91 Å². The third-order valence-corrected chi connectivity index (χ3v) is 6.67. The van der Waals surface area contributed by atoms with Crippen LogP contribution in [0, 0.1) is 0 Å². The molecular formula is C29H33N5O. The lowest BCUT2D eigenvalue weighted by Crippen LogP contribution is -2.24. The highest BCUT2D eigenvalue weighted by Crippen LogP contribution is 2.20. The van der Waals surface area contributed by atoms with Crippen molar-refractivity contribution < 1.29 is 4.79 Å². The van der Waals surface area contributed by atoms with Crippen LogP contribution in [0.3, 0.4) is 0 Å². The molecule has 1 aromatic heterocycles. The Morgan fingerprint density at radius 1 is 0.886 bits per heavy atom. The van der Waals surface area contributed by atoms with E-state index in [9.17, 15) is 4.79 Å². The second-order valence-electron chi connectivity index (χ2n) is 9.23. The molecule has 0 atom stereocenters. The van der Waals surface area contributed by atoms with Crippen molar-refractivity contribution in [2.24, 2.45) is 0 Å². The van der Waals surface area contributed by atoms with E-state index in [4.69, 9.17) is 0 Å². The highest BCUT2D eigenvalue weighted by atomic mass is 16.1. The van der Waals surface area contributed by atoms with Gasteiger partial charge in [0.15, 0.2) is 0 Å². The van der Waals surface area contributed by atoms with Gasteiger partial charge in [0, 0.05) is 37.1 Å². The zero-order valence-electron chi connectivity index (χ0n) is 20.1. The summed E-state index contributed by atoms with van der Waals surface area (Å²) in [4.78, 5) is 15.0. The van der Waals surface area contributed by atoms with Gasteiger partial charge in [-0.1, -0.05) is 54.6 Å². The number of hydrogen-bond acceptors (Lipinski definition) is 4. The van der Waals surface area contributed by atoms with Crippen LogP contribution in [0.1, 0.15) is 24.8 Å². The Balaban J connectivity index is 1.08. The molecule has 1 aliphatic rings. The fraction of sp³-hybridized carbons (Fsp3) is 0.310. The van der Waals surface area contributed by atoms with Crippen LogP contribution in [0.25, 0.3) is 22.0 Å². The van der Waals surface area contributed by atoms with Crippen LogP contribution >= 0.6 is 0 Å². The molecule has 0 bridgehead atoms. The Kier molecular flexibility index (Phi) is 7.51. The molecule has 4 aromatic rings. The van der Waals surface area contributed by atoms with Crippen molar-refractivity contribution in [3.05, 3.63) is 84.6 Å². The van der Waals surface area contributed by atoms with Crippen molar-refractivity contribution in [2.45, 2.75) is 32.4 Å². The number of carbonyl (C=O) groups excluding carboxylic acids is 1. The first kappa shape index (κ1) is 23.3. The van der Waals surface area contributed by atoms with E-state index in [1.165, 1.54) is 42.6 Å². The number of nitrogens with zero attached hydrogens (tertiary/aromatic N) is 3. The topological polar surface area (TPSA) is 62.2 Å². The summed E-state index contributed by atoms with van der Waals surface area (Å²) in [7, 11) is 0. The second-order valence-corrected chi connectivity index (χ2v) is 9.23. The highest BCUT2D eigenvalue weighted by molar-refractivity contribution is 5.93. The molecular weight excluding hydrogens is 434 g/mol. The normalized spacial score (nSPS) is 13.9. The first-order valence-electron chi connectivity index (χ1n) is 12.6. The monoisotopic (exact) mass is 467 g/mol. The third-order valence-electron chi connectivity index (χ3n) is 6.67. The molecule has 1 fully saturated rings. The van der Waals surface area contributed by atoms with Crippen LogP contribution < -0.4 is 10.6 Å². The van der Waals surface area contributed by atoms with Crippen molar-refractivity contribution in [3.8, 4) is 11.1 Å². The van der Waals surface area contributed by atoms with Crippen LogP contribution in [-0.2, 0) is 17.9 Å². The van der Waals surface area contributed by atoms with Crippen LogP contribution in [0.2, 0.25) is 0 Å². The van der Waals surface area contributed by atoms with E-state index < -0.39 is 0 Å².